The molecule has 0 rings (SSSR count). The molecule has 0 aliphatic rings. The van der Waals surface area contributed by atoms with E-state index in [9.17, 15) is 0 Å². The Bertz CT molecular complexity index is 43.5. The van der Waals surface area contributed by atoms with Gasteiger partial charge in [-0.3, -0.25) is 5.41 Å². The van der Waals surface area contributed by atoms with Gasteiger partial charge >= 0.3 is 0 Å². The fourth-order valence-corrected chi connectivity index (χ4v) is 0.144. The van der Waals surface area contributed by atoms with Gasteiger partial charge in [0, 0.05) is 13.5 Å². The molecule has 1 radical (unpaired) electrons. The second-order valence-electron chi connectivity index (χ2n) is 0.952. The van der Waals surface area contributed by atoms with E-state index in [-0.39, 0.29) is 0 Å². The Balaban J connectivity index is 2.99. The molecule has 35 valence electrons. The molecule has 0 aromatic carbocycles. The van der Waals surface area contributed by atoms with Crippen LogP contribution in [0.25, 0.3) is 0 Å². The summed E-state index contributed by atoms with van der Waals surface area (Å²) in [6.45, 7) is 1.82. The molecule has 0 unspecified atom stereocenters. The van der Waals surface area contributed by atoms with Crippen molar-refractivity contribution in [3.05, 3.63) is 6.42 Å². The fourth-order valence-electron chi connectivity index (χ4n) is 0.144. The van der Waals surface area contributed by atoms with Gasteiger partial charge in [-0.2, -0.15) is 0 Å². The Labute approximate surface area is 38.1 Å². The second-order valence-corrected chi connectivity index (χ2v) is 0.952. The zero-order chi connectivity index (χ0) is 4.99. The van der Waals surface area contributed by atoms with Crippen LogP contribution in [0.1, 0.15) is 6.92 Å². The maximum absolute atomic E-state index is 6.82. The number of hydrogen-bond donors (Lipinski definition) is 2. The molecule has 0 saturated heterocycles. The van der Waals surface area contributed by atoms with Crippen LogP contribution >= 0.6 is 0 Å². The van der Waals surface area contributed by atoms with Crippen molar-refractivity contribution in [1.29, 1.82) is 5.41 Å². The number of nitrogens with one attached hydrogen (secondary N) is 2. The summed E-state index contributed by atoms with van der Waals surface area (Å²) < 4.78 is 0. The molecule has 0 bridgehead atoms. The molecule has 0 aromatic heterocycles. The molecule has 2 N–H and O–H groups in total. The van der Waals surface area contributed by atoms with Crippen LogP contribution in [0.2, 0.25) is 0 Å². The summed E-state index contributed by atoms with van der Waals surface area (Å²) in [7, 11) is 1.72. The Morgan fingerprint density at radius 1 is 1.83 bits per heavy atom. The lowest BCUT2D eigenvalue weighted by Crippen LogP contribution is -2.15. The molecule has 0 aliphatic carbocycles. The van der Waals surface area contributed by atoms with Crippen molar-refractivity contribution in [2.45, 2.75) is 6.92 Å². The van der Waals surface area contributed by atoms with Crippen molar-refractivity contribution < 1.29 is 0 Å². The highest BCUT2D eigenvalue weighted by molar-refractivity contribution is 5.86. The molecule has 0 saturated carbocycles. The molecular weight excluding hydrogens is 76.1 g/mol. The van der Waals surface area contributed by atoms with Crippen LogP contribution in [-0.2, 0) is 0 Å². The van der Waals surface area contributed by atoms with Crippen molar-refractivity contribution >= 4 is 5.84 Å². The number of amidine groups is 1. The van der Waals surface area contributed by atoms with Crippen LogP contribution in [-0.4, -0.2) is 12.9 Å². The van der Waals surface area contributed by atoms with Crippen molar-refractivity contribution in [3.8, 4) is 0 Å². The minimum Gasteiger partial charge on any atom is -0.377 e. The molecule has 2 heteroatoms. The van der Waals surface area contributed by atoms with Gasteiger partial charge in [-0.25, -0.2) is 0 Å². The third-order valence-corrected chi connectivity index (χ3v) is 0.558. The van der Waals surface area contributed by atoms with E-state index < -0.39 is 0 Å². The monoisotopic (exact) mass is 85.1 g/mol. The van der Waals surface area contributed by atoms with Gasteiger partial charge in [0.15, 0.2) is 0 Å². The second kappa shape index (κ2) is 2.69. The summed E-state index contributed by atoms with van der Waals surface area (Å²) in [6.07, 6.45) is 1.69. The summed E-state index contributed by atoms with van der Waals surface area (Å²) >= 11 is 0. The summed E-state index contributed by atoms with van der Waals surface area (Å²) in [6, 6.07) is 0. The quantitative estimate of drug-likeness (QED) is 0.351. The SMILES string of the molecule is C[CH]C(=N)NC. The van der Waals surface area contributed by atoms with Gasteiger partial charge in [0.2, 0.25) is 0 Å². The van der Waals surface area contributed by atoms with Gasteiger partial charge in [-0.15, -0.1) is 0 Å². The predicted octanol–water partition coefficient (Wildman–Crippen LogP) is 0.407. The molecule has 6 heavy (non-hydrogen) atoms. The molecule has 0 aliphatic heterocycles. The van der Waals surface area contributed by atoms with Crippen LogP contribution in [0.3, 0.4) is 0 Å². The molecule has 0 fully saturated rings. The van der Waals surface area contributed by atoms with E-state index in [1.54, 1.807) is 13.5 Å². The molecule has 0 amide bonds. The average molecular weight is 85.1 g/mol. The summed E-state index contributed by atoms with van der Waals surface area (Å²) in [4.78, 5) is 0. The first-order chi connectivity index (χ1) is 2.81. The van der Waals surface area contributed by atoms with Crippen molar-refractivity contribution in [2.24, 2.45) is 0 Å². The third-order valence-electron chi connectivity index (χ3n) is 0.558. The average Bonchev–Trinajstić information content (AvgIpc) is 1.65. The zero-order valence-electron chi connectivity index (χ0n) is 4.08. The molecule has 0 spiro atoms. The normalized spacial score (nSPS) is 7.67. The first kappa shape index (κ1) is 5.47. The van der Waals surface area contributed by atoms with Gasteiger partial charge < -0.3 is 5.32 Å². The fraction of sp³-hybridized carbons (Fsp3) is 0.500. The van der Waals surface area contributed by atoms with Crippen molar-refractivity contribution in [2.75, 3.05) is 7.05 Å². The zero-order valence-corrected chi connectivity index (χ0v) is 4.08. The maximum Gasteiger partial charge on any atom is 0.0965 e. The highest BCUT2D eigenvalue weighted by atomic mass is 14.9. The standard InChI is InChI=1S/C4H9N2/c1-3-4(5)6-2/h3H,1-2H3,(H2,5,6). The van der Waals surface area contributed by atoms with Gasteiger partial charge in [0.05, 0.1) is 5.84 Å². The van der Waals surface area contributed by atoms with Crippen LogP contribution in [0.4, 0.5) is 0 Å². The highest BCUT2D eigenvalue weighted by Crippen LogP contribution is 1.67. The molecule has 2 nitrogen and oxygen atoms in total. The molecular formula is C4H9N2. The summed E-state index contributed by atoms with van der Waals surface area (Å²) in [5.74, 6) is 0.468. The Morgan fingerprint density at radius 3 is 2.33 bits per heavy atom. The topological polar surface area (TPSA) is 35.9 Å². The van der Waals surface area contributed by atoms with Crippen LogP contribution < -0.4 is 5.32 Å². The van der Waals surface area contributed by atoms with Gasteiger partial charge in [-0.05, 0) is 0 Å². The lowest BCUT2D eigenvalue weighted by molar-refractivity contribution is 1.13. The summed E-state index contributed by atoms with van der Waals surface area (Å²) in [5, 5.41) is 9.46. The van der Waals surface area contributed by atoms with Crippen LogP contribution in [0, 0.1) is 11.8 Å². The first-order valence-corrected chi connectivity index (χ1v) is 1.87. The van der Waals surface area contributed by atoms with E-state index >= 15 is 0 Å². The van der Waals surface area contributed by atoms with Crippen LogP contribution in [0.5, 0.6) is 0 Å². The van der Waals surface area contributed by atoms with Gasteiger partial charge in [-0.1, -0.05) is 6.92 Å². The Morgan fingerprint density at radius 2 is 2.33 bits per heavy atom. The smallest absolute Gasteiger partial charge is 0.0965 e. The summed E-state index contributed by atoms with van der Waals surface area (Å²) in [5.41, 5.74) is 0. The van der Waals surface area contributed by atoms with Crippen molar-refractivity contribution in [3.63, 3.8) is 0 Å². The van der Waals surface area contributed by atoms with E-state index in [0.717, 1.165) is 0 Å². The van der Waals surface area contributed by atoms with E-state index in [1.165, 1.54) is 0 Å². The van der Waals surface area contributed by atoms with E-state index in [1.807, 2.05) is 6.92 Å². The Hall–Kier alpha value is -0.530. The van der Waals surface area contributed by atoms with Crippen molar-refractivity contribution in [1.82, 2.24) is 5.32 Å². The molecule has 0 aromatic rings. The molecule has 0 heterocycles. The first-order valence-electron chi connectivity index (χ1n) is 1.87. The predicted molar refractivity (Wildman–Crippen MR) is 26.8 cm³/mol. The molecule has 0 atom stereocenters. The van der Waals surface area contributed by atoms with Gasteiger partial charge in [0.25, 0.3) is 0 Å². The number of hydrogen-bond acceptors (Lipinski definition) is 1. The van der Waals surface area contributed by atoms with Crippen LogP contribution in [0.15, 0.2) is 0 Å². The lowest BCUT2D eigenvalue weighted by atomic mass is 10.4. The number of rotatable bonds is 1. The maximum atomic E-state index is 6.82. The highest BCUT2D eigenvalue weighted by Gasteiger charge is 1.79. The minimum atomic E-state index is 0.468. The minimum absolute atomic E-state index is 0.468. The van der Waals surface area contributed by atoms with Gasteiger partial charge in [0.1, 0.15) is 0 Å². The van der Waals surface area contributed by atoms with E-state index in [0.29, 0.717) is 5.84 Å². The van der Waals surface area contributed by atoms with E-state index in [4.69, 9.17) is 5.41 Å². The third kappa shape index (κ3) is 1.76. The lowest BCUT2D eigenvalue weighted by Gasteiger charge is -1.91. The Kier molecular flexibility index (Phi) is 2.46. The largest absolute Gasteiger partial charge is 0.377 e. The van der Waals surface area contributed by atoms with E-state index in [2.05, 4.69) is 5.32 Å².